The highest BCUT2D eigenvalue weighted by Crippen LogP contribution is 2.34. The Hall–Kier alpha value is -2.63. The summed E-state index contributed by atoms with van der Waals surface area (Å²) >= 11 is 0. The lowest BCUT2D eigenvalue weighted by molar-refractivity contribution is -0.144. The van der Waals surface area contributed by atoms with Crippen molar-refractivity contribution in [2.24, 2.45) is 11.8 Å². The van der Waals surface area contributed by atoms with Crippen LogP contribution in [0.1, 0.15) is 45.0 Å². The van der Waals surface area contributed by atoms with Gasteiger partial charge in [-0.25, -0.2) is 4.39 Å². The van der Waals surface area contributed by atoms with Gasteiger partial charge in [-0.3, -0.25) is 9.59 Å². The van der Waals surface area contributed by atoms with Crippen LogP contribution in [0, 0.1) is 17.7 Å². The highest BCUT2D eigenvalue weighted by molar-refractivity contribution is 5.86. The SMILES string of the molecule is CC(C)CN(CC(=O)N1CCn2cccc2C1c1ccccc1F)C(=O)C(C)C. The summed E-state index contributed by atoms with van der Waals surface area (Å²) in [7, 11) is 0. The van der Waals surface area contributed by atoms with Crippen molar-refractivity contribution < 1.29 is 14.0 Å². The van der Waals surface area contributed by atoms with Gasteiger partial charge in [0.15, 0.2) is 0 Å². The minimum atomic E-state index is -0.498. The van der Waals surface area contributed by atoms with Crippen molar-refractivity contribution in [2.45, 2.75) is 40.3 Å². The molecule has 2 heterocycles. The van der Waals surface area contributed by atoms with E-state index in [0.29, 0.717) is 25.2 Å². The molecule has 1 aromatic carbocycles. The number of aromatic nitrogens is 1. The molecular weight excluding hydrogens is 369 g/mol. The van der Waals surface area contributed by atoms with Gasteiger partial charge in [-0.1, -0.05) is 45.9 Å². The second-order valence-corrected chi connectivity index (χ2v) is 8.40. The molecule has 1 atom stereocenters. The number of halogens is 1. The summed E-state index contributed by atoms with van der Waals surface area (Å²) in [5.41, 5.74) is 1.37. The van der Waals surface area contributed by atoms with E-state index in [2.05, 4.69) is 4.57 Å². The molecule has 1 aliphatic heterocycles. The third-order valence-corrected chi connectivity index (χ3v) is 5.28. The number of carbonyl (C=O) groups excluding carboxylic acids is 2. The van der Waals surface area contributed by atoms with E-state index in [4.69, 9.17) is 0 Å². The second-order valence-electron chi connectivity index (χ2n) is 8.40. The molecule has 0 aliphatic carbocycles. The van der Waals surface area contributed by atoms with Crippen LogP contribution in [-0.2, 0) is 16.1 Å². The molecule has 0 bridgehead atoms. The minimum absolute atomic E-state index is 0.0147. The first-order chi connectivity index (χ1) is 13.8. The van der Waals surface area contributed by atoms with Gasteiger partial charge in [-0.2, -0.15) is 0 Å². The standard InChI is InChI=1S/C23H30FN3O2/c1-16(2)14-26(23(29)17(3)4)15-21(28)27-13-12-25-11-7-10-20(25)22(27)18-8-5-6-9-19(18)24/h5-11,16-17,22H,12-15H2,1-4H3. The molecule has 6 heteroatoms. The smallest absolute Gasteiger partial charge is 0.243 e. The monoisotopic (exact) mass is 399 g/mol. The van der Waals surface area contributed by atoms with E-state index in [0.717, 1.165) is 5.69 Å². The lowest BCUT2D eigenvalue weighted by atomic mass is 9.99. The van der Waals surface area contributed by atoms with Crippen LogP contribution in [-0.4, -0.2) is 45.8 Å². The molecule has 1 aliphatic rings. The lowest BCUT2D eigenvalue weighted by Crippen LogP contribution is -2.49. The second kappa shape index (κ2) is 8.80. The van der Waals surface area contributed by atoms with E-state index < -0.39 is 6.04 Å². The fourth-order valence-electron chi connectivity index (χ4n) is 3.97. The van der Waals surface area contributed by atoms with Gasteiger partial charge in [0.2, 0.25) is 11.8 Å². The Morgan fingerprint density at radius 1 is 1.10 bits per heavy atom. The summed E-state index contributed by atoms with van der Waals surface area (Å²) in [5.74, 6) is -0.438. The number of fused-ring (bicyclic) bond motifs is 1. The Morgan fingerprint density at radius 3 is 2.48 bits per heavy atom. The van der Waals surface area contributed by atoms with E-state index in [1.54, 1.807) is 28.0 Å². The summed E-state index contributed by atoms with van der Waals surface area (Å²) in [5, 5.41) is 0. The molecule has 0 spiro atoms. The Labute approximate surface area is 172 Å². The Balaban J connectivity index is 1.92. The van der Waals surface area contributed by atoms with Crippen molar-refractivity contribution in [1.82, 2.24) is 14.4 Å². The number of amides is 2. The predicted molar refractivity (Wildman–Crippen MR) is 111 cm³/mol. The van der Waals surface area contributed by atoms with Crippen LogP contribution >= 0.6 is 0 Å². The van der Waals surface area contributed by atoms with Gasteiger partial charge in [0, 0.05) is 43.0 Å². The minimum Gasteiger partial charge on any atom is -0.348 e. The number of rotatable bonds is 6. The third kappa shape index (κ3) is 4.52. The van der Waals surface area contributed by atoms with E-state index >= 15 is 0 Å². The van der Waals surface area contributed by atoms with Crippen LogP contribution in [0.4, 0.5) is 4.39 Å². The van der Waals surface area contributed by atoms with E-state index in [9.17, 15) is 14.0 Å². The van der Waals surface area contributed by atoms with Crippen LogP contribution in [0.3, 0.4) is 0 Å². The average molecular weight is 400 g/mol. The Morgan fingerprint density at radius 2 is 1.83 bits per heavy atom. The van der Waals surface area contributed by atoms with E-state index in [1.807, 2.05) is 46.0 Å². The van der Waals surface area contributed by atoms with Crippen molar-refractivity contribution in [2.75, 3.05) is 19.6 Å². The normalized spacial score (nSPS) is 16.2. The topological polar surface area (TPSA) is 45.6 Å². The van der Waals surface area contributed by atoms with Crippen LogP contribution < -0.4 is 0 Å². The summed E-state index contributed by atoms with van der Waals surface area (Å²) in [6, 6.07) is 9.95. The van der Waals surface area contributed by atoms with Crippen molar-refractivity contribution in [3.63, 3.8) is 0 Å². The Kier molecular flexibility index (Phi) is 6.40. The molecule has 0 saturated carbocycles. The fraction of sp³-hybridized carbons (Fsp3) is 0.478. The van der Waals surface area contributed by atoms with Gasteiger partial charge in [0.05, 0.1) is 6.54 Å². The first-order valence-corrected chi connectivity index (χ1v) is 10.3. The number of hydrogen-bond donors (Lipinski definition) is 0. The Bertz CT molecular complexity index is 875. The van der Waals surface area contributed by atoms with Gasteiger partial charge in [-0.05, 0) is 24.1 Å². The predicted octanol–water partition coefficient (Wildman–Crippen LogP) is 3.70. The van der Waals surface area contributed by atoms with Crippen LogP contribution in [0.5, 0.6) is 0 Å². The maximum Gasteiger partial charge on any atom is 0.243 e. The highest BCUT2D eigenvalue weighted by atomic mass is 19.1. The zero-order chi connectivity index (χ0) is 21.1. The number of benzene rings is 1. The first-order valence-electron chi connectivity index (χ1n) is 10.3. The molecule has 1 aromatic heterocycles. The zero-order valence-corrected chi connectivity index (χ0v) is 17.6. The van der Waals surface area contributed by atoms with Gasteiger partial charge in [0.25, 0.3) is 0 Å². The largest absolute Gasteiger partial charge is 0.348 e. The highest BCUT2D eigenvalue weighted by Gasteiger charge is 2.35. The molecular formula is C23H30FN3O2. The maximum absolute atomic E-state index is 14.7. The summed E-state index contributed by atoms with van der Waals surface area (Å²) in [6.07, 6.45) is 1.96. The first kappa shape index (κ1) is 21.1. The molecule has 2 amide bonds. The molecule has 0 fully saturated rings. The fourth-order valence-corrected chi connectivity index (χ4v) is 3.97. The third-order valence-electron chi connectivity index (χ3n) is 5.28. The molecule has 29 heavy (non-hydrogen) atoms. The van der Waals surface area contributed by atoms with Crippen molar-refractivity contribution in [3.05, 3.63) is 59.7 Å². The summed E-state index contributed by atoms with van der Waals surface area (Å²) < 4.78 is 16.7. The van der Waals surface area contributed by atoms with Crippen LogP contribution in [0.2, 0.25) is 0 Å². The van der Waals surface area contributed by atoms with Crippen molar-refractivity contribution >= 4 is 11.8 Å². The van der Waals surface area contributed by atoms with E-state index in [-0.39, 0.29) is 36.0 Å². The molecule has 0 saturated heterocycles. The summed E-state index contributed by atoms with van der Waals surface area (Å²) in [6.45, 7) is 9.42. The number of hydrogen-bond acceptors (Lipinski definition) is 2. The van der Waals surface area contributed by atoms with Gasteiger partial charge >= 0.3 is 0 Å². The van der Waals surface area contributed by atoms with Gasteiger partial charge in [0.1, 0.15) is 11.9 Å². The van der Waals surface area contributed by atoms with Crippen LogP contribution in [0.25, 0.3) is 0 Å². The van der Waals surface area contributed by atoms with Crippen molar-refractivity contribution in [3.8, 4) is 0 Å². The van der Waals surface area contributed by atoms with Gasteiger partial charge in [-0.15, -0.1) is 0 Å². The molecule has 0 radical (unpaired) electrons. The molecule has 3 rings (SSSR count). The molecule has 156 valence electrons. The molecule has 1 unspecified atom stereocenters. The quantitative estimate of drug-likeness (QED) is 0.744. The van der Waals surface area contributed by atoms with Crippen LogP contribution in [0.15, 0.2) is 42.6 Å². The molecule has 5 nitrogen and oxygen atoms in total. The summed E-state index contributed by atoms with van der Waals surface area (Å²) in [4.78, 5) is 29.4. The average Bonchev–Trinajstić information content (AvgIpc) is 3.15. The lowest BCUT2D eigenvalue weighted by Gasteiger charge is -2.39. The zero-order valence-electron chi connectivity index (χ0n) is 17.6. The van der Waals surface area contributed by atoms with Crippen molar-refractivity contribution in [1.29, 1.82) is 0 Å². The molecule has 0 N–H and O–H groups in total. The molecule has 2 aromatic rings. The number of carbonyl (C=O) groups is 2. The van der Waals surface area contributed by atoms with E-state index in [1.165, 1.54) is 6.07 Å². The van der Waals surface area contributed by atoms with Gasteiger partial charge < -0.3 is 14.4 Å². The maximum atomic E-state index is 14.7. The number of nitrogens with zero attached hydrogens (tertiary/aromatic N) is 3.